The Bertz CT molecular complexity index is 679. The van der Waals surface area contributed by atoms with Gasteiger partial charge in [-0.2, -0.15) is 0 Å². The van der Waals surface area contributed by atoms with E-state index in [1.54, 1.807) is 18.2 Å². The molecule has 8 heteroatoms. The van der Waals surface area contributed by atoms with Crippen molar-refractivity contribution in [1.29, 1.82) is 0 Å². The zero-order chi connectivity index (χ0) is 16.1. The maximum absolute atomic E-state index is 11.8. The van der Waals surface area contributed by atoms with Crippen LogP contribution in [0, 0.1) is 0 Å². The number of Topliss-reactive ketones (excluding diaryl/α,β-unsaturated/α-hetero) is 1. The second-order valence-corrected chi connectivity index (χ2v) is 6.02. The van der Waals surface area contributed by atoms with Gasteiger partial charge in [0.1, 0.15) is 6.04 Å². The third-order valence-corrected chi connectivity index (χ3v) is 3.91. The largest absolute Gasteiger partial charge is 0.459 e. The lowest BCUT2D eigenvalue weighted by Gasteiger charge is -2.11. The number of thiophene rings is 1. The standard InChI is InChI=1S/C14H12ClNO5S/c1-8(16-13(18)10-3-2-6-20-10)14(19)21-7-9(17)11-4-5-12(15)22-11/h2-6,8H,7H2,1H3,(H,16,18)/t8-/m0/s1. The van der Waals surface area contributed by atoms with Crippen LogP contribution in [0.3, 0.4) is 0 Å². The molecule has 0 unspecified atom stereocenters. The van der Waals surface area contributed by atoms with Crippen LogP contribution in [-0.2, 0) is 9.53 Å². The number of carbonyl (C=O) groups is 3. The summed E-state index contributed by atoms with van der Waals surface area (Å²) in [4.78, 5) is 35.6. The van der Waals surface area contributed by atoms with Crippen LogP contribution in [-0.4, -0.2) is 30.3 Å². The Balaban J connectivity index is 1.81. The molecule has 0 saturated carbocycles. The van der Waals surface area contributed by atoms with Gasteiger partial charge in [0.15, 0.2) is 12.4 Å². The Morgan fingerprint density at radius 2 is 2.14 bits per heavy atom. The number of nitrogens with one attached hydrogen (secondary N) is 1. The zero-order valence-corrected chi connectivity index (χ0v) is 13.1. The summed E-state index contributed by atoms with van der Waals surface area (Å²) in [6, 6.07) is 5.27. The van der Waals surface area contributed by atoms with Gasteiger partial charge >= 0.3 is 5.97 Å². The van der Waals surface area contributed by atoms with Crippen molar-refractivity contribution in [2.24, 2.45) is 0 Å². The number of esters is 1. The number of ketones is 1. The van der Waals surface area contributed by atoms with E-state index in [9.17, 15) is 14.4 Å². The maximum atomic E-state index is 11.8. The minimum absolute atomic E-state index is 0.0870. The molecule has 0 aliphatic carbocycles. The van der Waals surface area contributed by atoms with Gasteiger partial charge in [-0.25, -0.2) is 4.79 Å². The molecule has 0 saturated heterocycles. The van der Waals surface area contributed by atoms with Crippen LogP contribution in [0.25, 0.3) is 0 Å². The van der Waals surface area contributed by atoms with Crippen LogP contribution in [0.1, 0.15) is 27.2 Å². The van der Waals surface area contributed by atoms with Crippen LogP contribution < -0.4 is 5.32 Å². The van der Waals surface area contributed by atoms with Crippen LogP contribution in [0.15, 0.2) is 34.9 Å². The molecule has 1 N–H and O–H groups in total. The van der Waals surface area contributed by atoms with Crippen LogP contribution in [0.5, 0.6) is 0 Å². The number of halogens is 1. The lowest BCUT2D eigenvalue weighted by atomic mass is 10.3. The summed E-state index contributed by atoms with van der Waals surface area (Å²) >= 11 is 6.83. The average molecular weight is 342 g/mol. The molecular weight excluding hydrogens is 330 g/mol. The Hall–Kier alpha value is -2.12. The van der Waals surface area contributed by atoms with E-state index in [4.69, 9.17) is 20.8 Å². The second-order valence-electron chi connectivity index (χ2n) is 4.31. The summed E-state index contributed by atoms with van der Waals surface area (Å²) in [5.41, 5.74) is 0. The monoisotopic (exact) mass is 341 g/mol. The Morgan fingerprint density at radius 3 is 2.73 bits per heavy atom. The average Bonchev–Trinajstić information content (AvgIpc) is 3.15. The molecule has 2 rings (SSSR count). The molecule has 0 fully saturated rings. The predicted octanol–water partition coefficient (Wildman–Crippen LogP) is 2.54. The fourth-order valence-corrected chi connectivity index (χ4v) is 2.50. The lowest BCUT2D eigenvalue weighted by Crippen LogP contribution is -2.40. The summed E-state index contributed by atoms with van der Waals surface area (Å²) < 4.78 is 10.3. The van der Waals surface area contributed by atoms with E-state index in [0.29, 0.717) is 9.21 Å². The third-order valence-electron chi connectivity index (χ3n) is 2.64. The third kappa shape index (κ3) is 4.19. The molecule has 0 spiro atoms. The number of hydrogen-bond donors (Lipinski definition) is 1. The zero-order valence-electron chi connectivity index (χ0n) is 11.5. The van der Waals surface area contributed by atoms with Gasteiger partial charge < -0.3 is 14.5 Å². The van der Waals surface area contributed by atoms with Gasteiger partial charge in [-0.1, -0.05) is 11.6 Å². The fraction of sp³-hybridized carbons (Fsp3) is 0.214. The molecule has 2 aromatic rings. The number of hydrogen-bond acceptors (Lipinski definition) is 6. The van der Waals surface area contributed by atoms with Gasteiger partial charge in [-0.15, -0.1) is 11.3 Å². The first-order chi connectivity index (χ1) is 10.5. The molecule has 1 amide bonds. The van der Waals surface area contributed by atoms with Crippen molar-refractivity contribution in [3.63, 3.8) is 0 Å². The Morgan fingerprint density at radius 1 is 1.36 bits per heavy atom. The van der Waals surface area contributed by atoms with Crippen molar-refractivity contribution in [1.82, 2.24) is 5.32 Å². The normalized spacial score (nSPS) is 11.7. The fourth-order valence-electron chi connectivity index (χ4n) is 1.53. The molecule has 0 bridgehead atoms. The topological polar surface area (TPSA) is 85.6 Å². The molecule has 2 aromatic heterocycles. The highest BCUT2D eigenvalue weighted by atomic mass is 35.5. The lowest BCUT2D eigenvalue weighted by molar-refractivity contribution is -0.144. The summed E-state index contributed by atoms with van der Waals surface area (Å²) in [5, 5.41) is 2.41. The minimum atomic E-state index is -0.905. The van der Waals surface area contributed by atoms with E-state index >= 15 is 0 Å². The van der Waals surface area contributed by atoms with Gasteiger partial charge in [-0.3, -0.25) is 9.59 Å². The van der Waals surface area contributed by atoms with Crippen molar-refractivity contribution in [3.05, 3.63) is 45.5 Å². The van der Waals surface area contributed by atoms with Gasteiger partial charge in [0.25, 0.3) is 5.91 Å². The Labute approximate surface area is 135 Å². The molecule has 2 heterocycles. The molecule has 0 radical (unpaired) electrons. The highest BCUT2D eigenvalue weighted by Crippen LogP contribution is 2.21. The first-order valence-corrected chi connectivity index (χ1v) is 7.46. The molecule has 6 nitrogen and oxygen atoms in total. The molecule has 116 valence electrons. The van der Waals surface area contributed by atoms with E-state index in [0.717, 1.165) is 11.3 Å². The van der Waals surface area contributed by atoms with Crippen LogP contribution >= 0.6 is 22.9 Å². The smallest absolute Gasteiger partial charge is 0.328 e. The molecular formula is C14H12ClNO5S. The van der Waals surface area contributed by atoms with Crippen molar-refractivity contribution >= 4 is 40.6 Å². The van der Waals surface area contributed by atoms with E-state index < -0.39 is 24.5 Å². The summed E-state index contributed by atoms with van der Waals surface area (Å²) in [6.07, 6.45) is 1.35. The first-order valence-electron chi connectivity index (χ1n) is 6.27. The highest BCUT2D eigenvalue weighted by molar-refractivity contribution is 7.18. The van der Waals surface area contributed by atoms with E-state index in [2.05, 4.69) is 5.32 Å². The number of rotatable bonds is 6. The first kappa shape index (κ1) is 16.3. The van der Waals surface area contributed by atoms with Gasteiger partial charge in [0.2, 0.25) is 5.78 Å². The van der Waals surface area contributed by atoms with Gasteiger partial charge in [0, 0.05) is 0 Å². The molecule has 0 aliphatic heterocycles. The summed E-state index contributed by atoms with van der Waals surface area (Å²) in [5.74, 6) is -1.51. The molecule has 0 aliphatic rings. The summed E-state index contributed by atoms with van der Waals surface area (Å²) in [7, 11) is 0. The van der Waals surface area contributed by atoms with E-state index in [1.165, 1.54) is 19.3 Å². The molecule has 1 atom stereocenters. The van der Waals surface area contributed by atoms with Crippen molar-refractivity contribution in [2.45, 2.75) is 13.0 Å². The van der Waals surface area contributed by atoms with Crippen LogP contribution in [0.2, 0.25) is 4.34 Å². The minimum Gasteiger partial charge on any atom is -0.459 e. The SMILES string of the molecule is C[C@H](NC(=O)c1ccco1)C(=O)OCC(=O)c1ccc(Cl)s1. The van der Waals surface area contributed by atoms with Gasteiger partial charge in [0.05, 0.1) is 15.5 Å². The van der Waals surface area contributed by atoms with Crippen molar-refractivity contribution < 1.29 is 23.5 Å². The molecule has 22 heavy (non-hydrogen) atoms. The number of furan rings is 1. The van der Waals surface area contributed by atoms with E-state index in [1.807, 2.05) is 0 Å². The number of carbonyl (C=O) groups excluding carboxylic acids is 3. The summed E-state index contributed by atoms with van der Waals surface area (Å²) in [6.45, 7) is 1.05. The molecule has 0 aromatic carbocycles. The van der Waals surface area contributed by atoms with E-state index in [-0.39, 0.29) is 11.5 Å². The Kier molecular flexibility index (Phi) is 5.35. The number of amides is 1. The van der Waals surface area contributed by atoms with Gasteiger partial charge in [-0.05, 0) is 31.2 Å². The quantitative estimate of drug-likeness (QED) is 0.644. The van der Waals surface area contributed by atoms with Crippen molar-refractivity contribution in [3.8, 4) is 0 Å². The second kappa shape index (κ2) is 7.24. The maximum Gasteiger partial charge on any atom is 0.328 e. The van der Waals surface area contributed by atoms with Crippen molar-refractivity contribution in [2.75, 3.05) is 6.61 Å². The number of ether oxygens (including phenoxy) is 1. The predicted molar refractivity (Wildman–Crippen MR) is 80.3 cm³/mol. The van der Waals surface area contributed by atoms with Crippen LogP contribution in [0.4, 0.5) is 0 Å². The highest BCUT2D eigenvalue weighted by Gasteiger charge is 2.20.